The first-order chi connectivity index (χ1) is 10.3. The molecule has 1 N–H and O–H groups in total. The normalized spacial score (nSPS) is 25.8. The average Bonchev–Trinajstić information content (AvgIpc) is 2.53. The smallest absolute Gasteiger partial charge is 0.240 e. The van der Waals surface area contributed by atoms with Crippen LogP contribution in [0.25, 0.3) is 0 Å². The molecule has 0 spiro atoms. The average molecular weight is 286 g/mol. The highest BCUT2D eigenvalue weighted by atomic mass is 16.2. The molecule has 1 saturated heterocycles. The van der Waals surface area contributed by atoms with Crippen LogP contribution in [0.4, 0.5) is 0 Å². The molecule has 1 aliphatic carbocycles. The van der Waals surface area contributed by atoms with Crippen LogP contribution in [0.3, 0.4) is 0 Å². The summed E-state index contributed by atoms with van der Waals surface area (Å²) in [6, 6.07) is 9.00. The summed E-state index contributed by atoms with van der Waals surface area (Å²) in [5.74, 6) is 0.316. The Morgan fingerprint density at radius 2 is 2.10 bits per heavy atom. The fraction of sp³-hybridized carbons (Fsp3) is 0.611. The van der Waals surface area contributed by atoms with Crippen molar-refractivity contribution in [3.8, 4) is 0 Å². The van der Waals surface area contributed by atoms with Gasteiger partial charge in [0, 0.05) is 6.54 Å². The van der Waals surface area contributed by atoms with Gasteiger partial charge in [-0.05, 0) is 56.2 Å². The zero-order valence-corrected chi connectivity index (χ0v) is 13.0. The summed E-state index contributed by atoms with van der Waals surface area (Å²) in [6.07, 6.45) is 6.65. The molecule has 0 radical (unpaired) electrons. The van der Waals surface area contributed by atoms with Crippen molar-refractivity contribution in [2.45, 2.75) is 57.5 Å². The van der Waals surface area contributed by atoms with Crippen LogP contribution < -0.4 is 5.32 Å². The van der Waals surface area contributed by atoms with Crippen LogP contribution in [-0.4, -0.2) is 29.9 Å². The SMILES string of the molecule is CCCNC1CCCN(C2CCCc3ccccc32)C1=O. The highest BCUT2D eigenvalue weighted by Gasteiger charge is 2.35. The topological polar surface area (TPSA) is 32.3 Å². The van der Waals surface area contributed by atoms with Crippen LogP contribution in [0.5, 0.6) is 0 Å². The number of carbonyl (C=O) groups excluding carboxylic acids is 1. The molecular formula is C18H26N2O. The van der Waals surface area contributed by atoms with E-state index < -0.39 is 0 Å². The van der Waals surface area contributed by atoms with Crippen molar-refractivity contribution in [2.75, 3.05) is 13.1 Å². The van der Waals surface area contributed by atoms with Gasteiger partial charge in [-0.3, -0.25) is 4.79 Å². The van der Waals surface area contributed by atoms with E-state index in [1.165, 1.54) is 17.5 Å². The van der Waals surface area contributed by atoms with Gasteiger partial charge in [-0.1, -0.05) is 31.2 Å². The molecular weight excluding hydrogens is 260 g/mol. The number of piperidine rings is 1. The Bertz CT molecular complexity index is 500. The number of fused-ring (bicyclic) bond motifs is 1. The Kier molecular flexibility index (Phi) is 4.59. The Morgan fingerprint density at radius 3 is 2.95 bits per heavy atom. The predicted octanol–water partition coefficient (Wildman–Crippen LogP) is 3.05. The molecule has 21 heavy (non-hydrogen) atoms. The fourth-order valence-corrected chi connectivity index (χ4v) is 3.77. The van der Waals surface area contributed by atoms with Gasteiger partial charge in [0.25, 0.3) is 0 Å². The van der Waals surface area contributed by atoms with Crippen LogP contribution in [0.15, 0.2) is 24.3 Å². The van der Waals surface area contributed by atoms with Crippen LogP contribution in [0.1, 0.15) is 56.2 Å². The van der Waals surface area contributed by atoms with Gasteiger partial charge in [0.2, 0.25) is 5.91 Å². The minimum atomic E-state index is 0.0350. The lowest BCUT2D eigenvalue weighted by Gasteiger charge is -2.41. The molecule has 1 aromatic carbocycles. The molecule has 1 aliphatic heterocycles. The highest BCUT2D eigenvalue weighted by Crippen LogP contribution is 2.36. The number of carbonyl (C=O) groups is 1. The zero-order chi connectivity index (χ0) is 14.7. The number of hydrogen-bond acceptors (Lipinski definition) is 2. The van der Waals surface area contributed by atoms with Gasteiger partial charge in [0.1, 0.15) is 0 Å². The molecule has 3 nitrogen and oxygen atoms in total. The minimum absolute atomic E-state index is 0.0350. The third kappa shape index (κ3) is 2.98. The van der Waals surface area contributed by atoms with Crippen molar-refractivity contribution < 1.29 is 4.79 Å². The summed E-state index contributed by atoms with van der Waals surface area (Å²) < 4.78 is 0. The lowest BCUT2D eigenvalue weighted by Crippen LogP contribution is -2.52. The number of nitrogens with one attached hydrogen (secondary N) is 1. The molecule has 114 valence electrons. The van der Waals surface area contributed by atoms with Crippen LogP contribution in [0.2, 0.25) is 0 Å². The molecule has 0 bridgehead atoms. The van der Waals surface area contributed by atoms with Crippen LogP contribution in [0, 0.1) is 0 Å². The number of amides is 1. The van der Waals surface area contributed by atoms with E-state index in [2.05, 4.69) is 41.4 Å². The van der Waals surface area contributed by atoms with Crippen molar-refractivity contribution in [2.24, 2.45) is 0 Å². The molecule has 2 atom stereocenters. The molecule has 3 heteroatoms. The van der Waals surface area contributed by atoms with Gasteiger partial charge in [-0.25, -0.2) is 0 Å². The summed E-state index contributed by atoms with van der Waals surface area (Å²) in [6.45, 7) is 4.00. The van der Waals surface area contributed by atoms with Gasteiger partial charge in [-0.15, -0.1) is 0 Å². The van der Waals surface area contributed by atoms with E-state index >= 15 is 0 Å². The number of likely N-dealkylation sites (tertiary alicyclic amines) is 1. The Balaban J connectivity index is 1.79. The standard InChI is InChI=1S/C18H26N2O/c1-2-12-19-16-10-6-13-20(18(16)21)17-11-5-8-14-7-3-4-9-15(14)17/h3-4,7,9,16-17,19H,2,5-6,8,10-13H2,1H3. The summed E-state index contributed by atoms with van der Waals surface area (Å²) in [4.78, 5) is 15.0. The molecule has 1 aromatic rings. The maximum absolute atomic E-state index is 12.8. The van der Waals surface area contributed by atoms with E-state index in [-0.39, 0.29) is 6.04 Å². The van der Waals surface area contributed by atoms with Gasteiger partial charge in [0.15, 0.2) is 0 Å². The first-order valence-electron chi connectivity index (χ1n) is 8.43. The first-order valence-corrected chi connectivity index (χ1v) is 8.43. The molecule has 0 saturated carbocycles. The van der Waals surface area contributed by atoms with Crippen molar-refractivity contribution in [3.05, 3.63) is 35.4 Å². The Hall–Kier alpha value is -1.35. The Labute approximate surface area is 127 Å². The highest BCUT2D eigenvalue weighted by molar-refractivity contribution is 5.83. The van der Waals surface area contributed by atoms with Gasteiger partial charge < -0.3 is 10.2 Å². The lowest BCUT2D eigenvalue weighted by molar-refractivity contribution is -0.139. The van der Waals surface area contributed by atoms with Gasteiger partial charge in [0.05, 0.1) is 12.1 Å². The fourth-order valence-electron chi connectivity index (χ4n) is 3.77. The summed E-state index contributed by atoms with van der Waals surface area (Å²) in [5, 5.41) is 3.42. The maximum atomic E-state index is 12.8. The van der Waals surface area contributed by atoms with Crippen molar-refractivity contribution in [1.29, 1.82) is 0 Å². The van der Waals surface area contributed by atoms with E-state index in [9.17, 15) is 4.79 Å². The predicted molar refractivity (Wildman–Crippen MR) is 85.1 cm³/mol. The van der Waals surface area contributed by atoms with Crippen molar-refractivity contribution >= 4 is 5.91 Å². The van der Waals surface area contributed by atoms with E-state index in [1.807, 2.05) is 0 Å². The van der Waals surface area contributed by atoms with E-state index in [1.54, 1.807) is 0 Å². The molecule has 2 aliphatic rings. The monoisotopic (exact) mass is 286 g/mol. The minimum Gasteiger partial charge on any atom is -0.334 e. The van der Waals surface area contributed by atoms with E-state index in [0.717, 1.165) is 45.2 Å². The van der Waals surface area contributed by atoms with Crippen LogP contribution >= 0.6 is 0 Å². The number of nitrogens with zero attached hydrogens (tertiary/aromatic N) is 1. The number of hydrogen-bond donors (Lipinski definition) is 1. The number of benzene rings is 1. The quantitative estimate of drug-likeness (QED) is 0.922. The maximum Gasteiger partial charge on any atom is 0.240 e. The largest absolute Gasteiger partial charge is 0.334 e. The second-order valence-corrected chi connectivity index (χ2v) is 6.29. The molecule has 1 fully saturated rings. The third-order valence-electron chi connectivity index (χ3n) is 4.83. The summed E-state index contributed by atoms with van der Waals surface area (Å²) in [5.41, 5.74) is 2.82. The number of rotatable bonds is 4. The molecule has 1 heterocycles. The molecule has 0 aromatic heterocycles. The van der Waals surface area contributed by atoms with Gasteiger partial charge in [-0.2, -0.15) is 0 Å². The second-order valence-electron chi connectivity index (χ2n) is 6.29. The van der Waals surface area contributed by atoms with Crippen LogP contribution in [-0.2, 0) is 11.2 Å². The third-order valence-corrected chi connectivity index (χ3v) is 4.83. The van der Waals surface area contributed by atoms with E-state index in [4.69, 9.17) is 0 Å². The molecule has 2 unspecified atom stereocenters. The van der Waals surface area contributed by atoms with Gasteiger partial charge >= 0.3 is 0 Å². The second kappa shape index (κ2) is 6.61. The molecule has 3 rings (SSSR count). The van der Waals surface area contributed by atoms with Crippen molar-refractivity contribution in [1.82, 2.24) is 10.2 Å². The Morgan fingerprint density at radius 1 is 1.24 bits per heavy atom. The van der Waals surface area contributed by atoms with E-state index in [0.29, 0.717) is 11.9 Å². The summed E-state index contributed by atoms with van der Waals surface area (Å²) >= 11 is 0. The zero-order valence-electron chi connectivity index (χ0n) is 13.0. The number of aryl methyl sites for hydroxylation is 1. The van der Waals surface area contributed by atoms with Crippen molar-refractivity contribution in [3.63, 3.8) is 0 Å². The molecule has 1 amide bonds. The first kappa shape index (κ1) is 14.6. The summed E-state index contributed by atoms with van der Waals surface area (Å²) in [7, 11) is 0. The lowest BCUT2D eigenvalue weighted by atomic mass is 9.85.